The molecule has 1 aromatic heterocycles. The highest BCUT2D eigenvalue weighted by molar-refractivity contribution is 7.11. The highest BCUT2D eigenvalue weighted by Gasteiger charge is 2.05. The van der Waals surface area contributed by atoms with E-state index in [-0.39, 0.29) is 0 Å². The third-order valence-corrected chi connectivity index (χ3v) is 3.28. The molecule has 1 N–H and O–H groups in total. The minimum Gasteiger partial charge on any atom is -0.319 e. The smallest absolute Gasteiger partial charge is 0.0943 e. The third kappa shape index (κ3) is 3.08. The molecule has 0 spiro atoms. The lowest BCUT2D eigenvalue weighted by Crippen LogP contribution is -2.09. The zero-order valence-corrected chi connectivity index (χ0v) is 9.50. The normalized spacial score (nSPS) is 10.7. The van der Waals surface area contributed by atoms with Gasteiger partial charge in [0.2, 0.25) is 0 Å². The van der Waals surface area contributed by atoms with Gasteiger partial charge in [-0.15, -0.1) is 11.3 Å². The molecule has 2 nitrogen and oxygen atoms in total. The molecule has 0 atom stereocenters. The van der Waals surface area contributed by atoms with Crippen molar-refractivity contribution >= 4 is 11.3 Å². The fourth-order valence-electron chi connectivity index (χ4n) is 1.29. The highest BCUT2D eigenvalue weighted by atomic mass is 32.1. The topological polar surface area (TPSA) is 24.9 Å². The second-order valence-corrected chi connectivity index (χ2v) is 4.39. The molecule has 0 aliphatic rings. The van der Waals surface area contributed by atoms with E-state index >= 15 is 0 Å². The summed E-state index contributed by atoms with van der Waals surface area (Å²) in [5, 5.41) is 4.42. The number of hydrogen-bond donors (Lipinski definition) is 1. The van der Waals surface area contributed by atoms with Crippen molar-refractivity contribution in [3.8, 4) is 0 Å². The maximum absolute atomic E-state index is 4.55. The van der Waals surface area contributed by atoms with Crippen molar-refractivity contribution in [1.82, 2.24) is 10.3 Å². The van der Waals surface area contributed by atoms with Gasteiger partial charge in [0.25, 0.3) is 0 Å². The highest BCUT2D eigenvalue weighted by Crippen LogP contribution is 2.19. The van der Waals surface area contributed by atoms with Crippen LogP contribution in [-0.2, 0) is 12.8 Å². The van der Waals surface area contributed by atoms with Crippen molar-refractivity contribution < 1.29 is 0 Å². The van der Waals surface area contributed by atoms with Crippen LogP contribution in [-0.4, -0.2) is 18.6 Å². The van der Waals surface area contributed by atoms with E-state index in [0.29, 0.717) is 0 Å². The summed E-state index contributed by atoms with van der Waals surface area (Å²) >= 11 is 1.87. The van der Waals surface area contributed by atoms with Crippen LogP contribution in [0, 0.1) is 6.92 Å². The van der Waals surface area contributed by atoms with Gasteiger partial charge in [0.15, 0.2) is 0 Å². The van der Waals surface area contributed by atoms with Gasteiger partial charge in [0.1, 0.15) is 0 Å². The van der Waals surface area contributed by atoms with Crippen molar-refractivity contribution in [3.63, 3.8) is 0 Å². The Labute approximate surface area is 84.4 Å². The summed E-state index contributed by atoms with van der Waals surface area (Å²) in [5.74, 6) is 0. The predicted molar refractivity (Wildman–Crippen MR) is 58.5 cm³/mol. The number of rotatable bonds is 5. The monoisotopic (exact) mass is 198 g/mol. The molecule has 0 saturated carbocycles. The van der Waals surface area contributed by atoms with Crippen molar-refractivity contribution in [1.29, 1.82) is 0 Å². The molecule has 3 heteroatoms. The van der Waals surface area contributed by atoms with Crippen molar-refractivity contribution in [3.05, 3.63) is 15.6 Å². The number of thiazole rings is 1. The number of nitrogens with one attached hydrogen (secondary N) is 1. The molecule has 1 aromatic rings. The van der Waals surface area contributed by atoms with Crippen LogP contribution in [0.25, 0.3) is 0 Å². The summed E-state index contributed by atoms with van der Waals surface area (Å²) in [7, 11) is 1.98. The minimum atomic E-state index is 1.03. The predicted octanol–water partition coefficient (Wildman–Crippen LogP) is 2.17. The number of aryl methyl sites for hydroxylation is 2. The van der Waals surface area contributed by atoms with Crippen molar-refractivity contribution in [2.75, 3.05) is 13.6 Å². The Bertz CT molecular complexity index is 255. The molecule has 0 aliphatic heterocycles. The van der Waals surface area contributed by atoms with Gasteiger partial charge in [0, 0.05) is 17.8 Å². The molecule has 0 fully saturated rings. The van der Waals surface area contributed by atoms with E-state index in [1.165, 1.54) is 28.4 Å². The average molecular weight is 198 g/mol. The molecular formula is C10H18N2S. The Hall–Kier alpha value is -0.410. The van der Waals surface area contributed by atoms with Gasteiger partial charge < -0.3 is 5.32 Å². The van der Waals surface area contributed by atoms with Crippen molar-refractivity contribution in [2.24, 2.45) is 0 Å². The Morgan fingerprint density at radius 1 is 1.38 bits per heavy atom. The van der Waals surface area contributed by atoms with Gasteiger partial charge in [-0.1, -0.05) is 13.3 Å². The second-order valence-electron chi connectivity index (χ2n) is 3.22. The quantitative estimate of drug-likeness (QED) is 0.784. The van der Waals surface area contributed by atoms with Crippen LogP contribution in [0.2, 0.25) is 0 Å². The van der Waals surface area contributed by atoms with Crippen LogP contribution in [0.5, 0.6) is 0 Å². The number of aromatic nitrogens is 1. The number of likely N-dealkylation sites (N-methyl/N-ethyl adjacent to an activating group) is 1. The lowest BCUT2D eigenvalue weighted by atomic mass is 10.2. The summed E-state index contributed by atoms with van der Waals surface area (Å²) in [6, 6.07) is 0. The fourth-order valence-corrected chi connectivity index (χ4v) is 2.46. The van der Waals surface area contributed by atoms with E-state index < -0.39 is 0 Å². The molecule has 0 unspecified atom stereocenters. The Morgan fingerprint density at radius 2 is 2.15 bits per heavy atom. The van der Waals surface area contributed by atoms with E-state index in [2.05, 4.69) is 24.1 Å². The molecule has 1 heterocycles. The largest absolute Gasteiger partial charge is 0.319 e. The second kappa shape index (κ2) is 5.35. The molecular weight excluding hydrogens is 180 g/mol. The van der Waals surface area contributed by atoms with Gasteiger partial charge in [-0.05, 0) is 20.4 Å². The Balaban J connectivity index is 2.59. The molecule has 1 rings (SSSR count). The lowest BCUT2D eigenvalue weighted by Gasteiger charge is -1.93. The van der Waals surface area contributed by atoms with E-state index in [0.717, 1.165) is 13.0 Å². The molecule has 74 valence electrons. The minimum absolute atomic E-state index is 1.03. The van der Waals surface area contributed by atoms with Gasteiger partial charge in [-0.25, -0.2) is 4.98 Å². The standard InChI is InChI=1S/C10H18N2S/c1-4-5-9-8(2)12-10(13-9)6-7-11-3/h11H,4-7H2,1-3H3. The van der Waals surface area contributed by atoms with Crippen LogP contribution in [0.3, 0.4) is 0 Å². The van der Waals surface area contributed by atoms with Crippen LogP contribution < -0.4 is 5.32 Å². The molecule has 0 bridgehead atoms. The summed E-state index contributed by atoms with van der Waals surface area (Å²) in [6.45, 7) is 5.36. The first-order chi connectivity index (χ1) is 6.27. The van der Waals surface area contributed by atoms with E-state index in [4.69, 9.17) is 0 Å². The van der Waals surface area contributed by atoms with Crippen LogP contribution >= 0.6 is 11.3 Å². The number of nitrogens with zero attached hydrogens (tertiary/aromatic N) is 1. The summed E-state index contributed by atoms with van der Waals surface area (Å²) in [6.07, 6.45) is 3.46. The van der Waals surface area contributed by atoms with Crippen LogP contribution in [0.4, 0.5) is 0 Å². The number of hydrogen-bond acceptors (Lipinski definition) is 3. The molecule has 0 aromatic carbocycles. The van der Waals surface area contributed by atoms with Gasteiger partial charge >= 0.3 is 0 Å². The molecule has 13 heavy (non-hydrogen) atoms. The zero-order chi connectivity index (χ0) is 9.68. The maximum Gasteiger partial charge on any atom is 0.0943 e. The van der Waals surface area contributed by atoms with Gasteiger partial charge in [-0.2, -0.15) is 0 Å². The van der Waals surface area contributed by atoms with E-state index in [9.17, 15) is 0 Å². The maximum atomic E-state index is 4.55. The Kier molecular flexibility index (Phi) is 4.39. The molecule has 0 saturated heterocycles. The first-order valence-electron chi connectivity index (χ1n) is 4.87. The SMILES string of the molecule is CCCc1sc(CCNC)nc1C. The fraction of sp³-hybridized carbons (Fsp3) is 0.700. The van der Waals surface area contributed by atoms with Crippen LogP contribution in [0.15, 0.2) is 0 Å². The van der Waals surface area contributed by atoms with Gasteiger partial charge in [0.05, 0.1) is 10.7 Å². The molecule has 0 amide bonds. The average Bonchev–Trinajstić information content (AvgIpc) is 2.45. The third-order valence-electron chi connectivity index (χ3n) is 2.00. The zero-order valence-electron chi connectivity index (χ0n) is 8.68. The lowest BCUT2D eigenvalue weighted by molar-refractivity contribution is 0.786. The summed E-state index contributed by atoms with van der Waals surface area (Å²) in [4.78, 5) is 6.01. The Morgan fingerprint density at radius 3 is 2.77 bits per heavy atom. The molecule has 0 aliphatic carbocycles. The van der Waals surface area contributed by atoms with Crippen molar-refractivity contribution in [2.45, 2.75) is 33.1 Å². The first kappa shape index (κ1) is 10.7. The molecule has 0 radical (unpaired) electrons. The summed E-state index contributed by atoms with van der Waals surface area (Å²) < 4.78 is 0. The van der Waals surface area contributed by atoms with E-state index in [1.807, 2.05) is 18.4 Å². The van der Waals surface area contributed by atoms with E-state index in [1.54, 1.807) is 0 Å². The first-order valence-corrected chi connectivity index (χ1v) is 5.69. The van der Waals surface area contributed by atoms with Crippen LogP contribution in [0.1, 0.15) is 28.9 Å². The van der Waals surface area contributed by atoms with Gasteiger partial charge in [-0.3, -0.25) is 0 Å². The summed E-state index contributed by atoms with van der Waals surface area (Å²) in [5.41, 5.74) is 1.23.